The first-order valence-corrected chi connectivity index (χ1v) is 13.7. The monoisotopic (exact) mass is 565 g/mol. The van der Waals surface area contributed by atoms with E-state index in [9.17, 15) is 18.5 Å². The summed E-state index contributed by atoms with van der Waals surface area (Å²) in [5.74, 6) is -2.36. The summed E-state index contributed by atoms with van der Waals surface area (Å²) in [6.07, 6.45) is 9.56. The molecule has 1 aliphatic rings. The average Bonchev–Trinajstić information content (AvgIpc) is 3.61. The highest BCUT2D eigenvalue weighted by molar-refractivity contribution is 7.40. The van der Waals surface area contributed by atoms with Crippen molar-refractivity contribution in [1.82, 2.24) is 25.1 Å². The molecule has 0 spiro atoms. The van der Waals surface area contributed by atoms with Gasteiger partial charge in [0.05, 0.1) is 23.6 Å². The summed E-state index contributed by atoms with van der Waals surface area (Å²) in [6, 6.07) is 1.84. The zero-order valence-electron chi connectivity index (χ0n) is 20.4. The van der Waals surface area contributed by atoms with Crippen LogP contribution in [-0.4, -0.2) is 49.9 Å². The van der Waals surface area contributed by atoms with Crippen molar-refractivity contribution in [2.45, 2.75) is 44.9 Å². The Morgan fingerprint density at radius 3 is 2.89 bits per heavy atom. The lowest BCUT2D eigenvalue weighted by atomic mass is 9.96. The van der Waals surface area contributed by atoms with Crippen LogP contribution >= 0.6 is 19.9 Å². The molecule has 0 aliphatic heterocycles. The lowest BCUT2D eigenvalue weighted by Gasteiger charge is -2.18. The maximum absolute atomic E-state index is 14.4. The van der Waals surface area contributed by atoms with E-state index in [1.165, 1.54) is 35.5 Å². The molecular weight excluding hydrogens is 539 g/mol. The third kappa shape index (κ3) is 7.23. The molecule has 11 nitrogen and oxygen atoms in total. The molecule has 3 aromatic heterocycles. The molecular formula is C23H26F2N7O4PS. The van der Waals surface area contributed by atoms with Crippen LogP contribution in [0.15, 0.2) is 40.6 Å². The standard InChI is InChI=1S/C23H26F2N7O4PS/c1-35-37(34)36-13-32-11-14(9-28-32)23-30-18(12-38-23)22(33)29-17(10-27-15-5-3-2-4-6-15)20(26)21-16(24)7-8-19(25)31-21/h7-12,15,34H,2-6,13,26H2,1H3,(H,29,33)/b20-17+,27-10?. The van der Waals surface area contributed by atoms with Crippen molar-refractivity contribution >= 4 is 37.8 Å². The molecule has 3 aromatic rings. The number of aliphatic imine (C=N–C) groups is 1. The molecule has 15 heteroatoms. The lowest BCUT2D eigenvalue weighted by Crippen LogP contribution is -2.27. The third-order valence-corrected chi connectivity index (χ3v) is 7.21. The number of thiazole rings is 1. The second-order valence-electron chi connectivity index (χ2n) is 8.30. The first-order valence-electron chi connectivity index (χ1n) is 11.6. The topological polar surface area (TPSA) is 150 Å². The molecule has 202 valence electrons. The van der Waals surface area contributed by atoms with E-state index in [1.54, 1.807) is 11.6 Å². The van der Waals surface area contributed by atoms with Crippen molar-refractivity contribution in [2.75, 3.05) is 7.11 Å². The summed E-state index contributed by atoms with van der Waals surface area (Å²) in [7, 11) is -0.672. The number of carbonyl (C=O) groups excluding carboxylic acids is 1. The van der Waals surface area contributed by atoms with Gasteiger partial charge in [-0.25, -0.2) is 19.0 Å². The van der Waals surface area contributed by atoms with Crippen LogP contribution in [0.4, 0.5) is 8.78 Å². The summed E-state index contributed by atoms with van der Waals surface area (Å²) in [5, 5.41) is 8.81. The Morgan fingerprint density at radius 1 is 1.34 bits per heavy atom. The largest absolute Gasteiger partial charge is 0.395 e. The summed E-state index contributed by atoms with van der Waals surface area (Å²) in [4.78, 5) is 34.9. The van der Waals surface area contributed by atoms with Crippen LogP contribution in [0.25, 0.3) is 16.3 Å². The number of halogens is 2. The van der Waals surface area contributed by atoms with E-state index in [2.05, 4.69) is 29.9 Å². The average molecular weight is 566 g/mol. The number of amides is 1. The molecule has 0 aromatic carbocycles. The normalized spacial score (nSPS) is 16.0. The van der Waals surface area contributed by atoms with Gasteiger partial charge < -0.3 is 20.5 Å². The molecule has 0 bridgehead atoms. The highest BCUT2D eigenvalue weighted by Gasteiger charge is 2.19. The molecule has 1 aliphatic carbocycles. The van der Waals surface area contributed by atoms with E-state index in [0.717, 1.165) is 44.2 Å². The van der Waals surface area contributed by atoms with Crippen molar-refractivity contribution in [1.29, 1.82) is 0 Å². The number of hydrogen-bond acceptors (Lipinski definition) is 10. The highest BCUT2D eigenvalue weighted by atomic mass is 32.1. The molecule has 4 rings (SSSR count). The minimum absolute atomic E-state index is 0.00395. The molecule has 1 saturated carbocycles. The number of nitrogens with two attached hydrogens (primary N) is 1. The van der Waals surface area contributed by atoms with Gasteiger partial charge in [-0.3, -0.25) is 14.3 Å². The molecule has 1 amide bonds. The Balaban J connectivity index is 1.54. The van der Waals surface area contributed by atoms with Crippen LogP contribution in [0.2, 0.25) is 0 Å². The van der Waals surface area contributed by atoms with Crippen LogP contribution in [0.1, 0.15) is 48.3 Å². The van der Waals surface area contributed by atoms with E-state index in [1.807, 2.05) is 0 Å². The zero-order valence-corrected chi connectivity index (χ0v) is 22.1. The van der Waals surface area contributed by atoms with Crippen molar-refractivity contribution < 1.29 is 27.5 Å². The van der Waals surface area contributed by atoms with Gasteiger partial charge in [-0.15, -0.1) is 11.3 Å². The Bertz CT molecular complexity index is 1330. The second-order valence-corrected chi connectivity index (χ2v) is 10.3. The van der Waals surface area contributed by atoms with E-state index in [0.29, 0.717) is 10.6 Å². The zero-order chi connectivity index (χ0) is 27.1. The minimum atomic E-state index is -2.00. The van der Waals surface area contributed by atoms with Crippen LogP contribution in [0, 0.1) is 11.8 Å². The fourth-order valence-corrected chi connectivity index (χ4v) is 4.81. The number of pyridine rings is 1. The molecule has 1 fully saturated rings. The summed E-state index contributed by atoms with van der Waals surface area (Å²) in [5.41, 5.74) is 6.16. The van der Waals surface area contributed by atoms with Gasteiger partial charge in [0.1, 0.15) is 23.1 Å². The van der Waals surface area contributed by atoms with Gasteiger partial charge in [0, 0.05) is 30.5 Å². The predicted octanol–water partition coefficient (Wildman–Crippen LogP) is 3.98. The Morgan fingerprint density at radius 2 is 2.13 bits per heavy atom. The van der Waals surface area contributed by atoms with Gasteiger partial charge >= 0.3 is 8.60 Å². The molecule has 38 heavy (non-hydrogen) atoms. The van der Waals surface area contributed by atoms with Crippen molar-refractivity contribution in [2.24, 2.45) is 10.7 Å². The number of aromatic nitrogens is 4. The second kappa shape index (κ2) is 13.1. The number of hydrogen-bond donors (Lipinski definition) is 3. The van der Waals surface area contributed by atoms with Gasteiger partial charge in [0.25, 0.3) is 5.91 Å². The Labute approximate surface area is 222 Å². The quantitative estimate of drug-likeness (QED) is 0.190. The van der Waals surface area contributed by atoms with Crippen LogP contribution < -0.4 is 11.1 Å². The van der Waals surface area contributed by atoms with Crippen LogP contribution in [0.3, 0.4) is 0 Å². The smallest absolute Gasteiger partial charge is 0.331 e. The van der Waals surface area contributed by atoms with Gasteiger partial charge in [-0.1, -0.05) is 19.3 Å². The molecule has 3 heterocycles. The van der Waals surface area contributed by atoms with Crippen molar-refractivity contribution in [3.8, 4) is 10.6 Å². The molecule has 4 N–H and O–H groups in total. The fourth-order valence-electron chi connectivity index (χ4n) is 3.72. The third-order valence-electron chi connectivity index (χ3n) is 5.67. The molecule has 1 unspecified atom stereocenters. The summed E-state index contributed by atoms with van der Waals surface area (Å²) in [6.45, 7) is -0.0345. The van der Waals surface area contributed by atoms with Gasteiger partial charge in [-0.2, -0.15) is 9.49 Å². The number of nitrogens with zero attached hydrogens (tertiary/aromatic N) is 5. The van der Waals surface area contributed by atoms with Crippen LogP contribution in [-0.2, 0) is 15.8 Å². The number of nitrogens with one attached hydrogen (secondary N) is 1. The van der Waals surface area contributed by atoms with Gasteiger partial charge in [0.2, 0.25) is 5.95 Å². The first-order chi connectivity index (χ1) is 18.3. The first kappa shape index (κ1) is 27.9. The van der Waals surface area contributed by atoms with Gasteiger partial charge in [-0.05, 0) is 25.0 Å². The molecule has 1 atom stereocenters. The highest BCUT2D eigenvalue weighted by Crippen LogP contribution is 2.31. The summed E-state index contributed by atoms with van der Waals surface area (Å²) >= 11 is 1.21. The molecule has 0 radical (unpaired) electrons. The Hall–Kier alpha value is -3.16. The predicted molar refractivity (Wildman–Crippen MR) is 139 cm³/mol. The minimum Gasteiger partial charge on any atom is -0.395 e. The van der Waals surface area contributed by atoms with Crippen LogP contribution in [0.5, 0.6) is 0 Å². The van der Waals surface area contributed by atoms with E-state index < -0.39 is 32.0 Å². The van der Waals surface area contributed by atoms with E-state index in [-0.39, 0.29) is 29.9 Å². The number of rotatable bonds is 10. The Kier molecular flexibility index (Phi) is 9.58. The van der Waals surface area contributed by atoms with Gasteiger partial charge in [0.15, 0.2) is 5.82 Å². The molecule has 0 saturated heterocycles. The number of allylic oxidation sites excluding steroid dienone is 1. The maximum Gasteiger partial charge on any atom is 0.331 e. The van der Waals surface area contributed by atoms with E-state index in [4.69, 9.17) is 10.3 Å². The maximum atomic E-state index is 14.4. The fraction of sp³-hybridized carbons (Fsp3) is 0.348. The van der Waals surface area contributed by atoms with E-state index >= 15 is 0 Å². The summed E-state index contributed by atoms with van der Waals surface area (Å²) < 4.78 is 39.3. The van der Waals surface area contributed by atoms with Crippen molar-refractivity contribution in [3.63, 3.8) is 0 Å². The SMILES string of the molecule is COP(O)OCn1cc(-c2nc(C(=O)N/C(C=NC3CCCCC3)=C(/N)c3nc(F)ccc3F)cs2)cn1. The number of carbonyl (C=O) groups is 1. The lowest BCUT2D eigenvalue weighted by molar-refractivity contribution is 0.0964. The van der Waals surface area contributed by atoms with Crippen molar-refractivity contribution in [3.05, 3.63) is 58.8 Å².